The van der Waals surface area contributed by atoms with Gasteiger partial charge in [-0.15, -0.1) is 0 Å². The Hall–Kier alpha value is -3.35. The van der Waals surface area contributed by atoms with Crippen LogP contribution in [0, 0.1) is 12.7 Å². The van der Waals surface area contributed by atoms with Crippen LogP contribution in [0.1, 0.15) is 24.0 Å². The molecule has 0 atom stereocenters. The van der Waals surface area contributed by atoms with Crippen molar-refractivity contribution in [3.05, 3.63) is 65.6 Å². The zero-order valence-electron chi connectivity index (χ0n) is 16.4. The van der Waals surface area contributed by atoms with E-state index in [1.165, 1.54) is 0 Å². The molecule has 6 nitrogen and oxygen atoms in total. The van der Waals surface area contributed by atoms with Crippen LogP contribution in [0.5, 0.6) is 5.75 Å². The number of hydrogen-bond acceptors (Lipinski definition) is 3. The smallest absolute Gasteiger partial charge is 0.319 e. The first-order chi connectivity index (χ1) is 14.0. The molecule has 1 aliphatic rings. The third-order valence-electron chi connectivity index (χ3n) is 4.90. The lowest BCUT2D eigenvalue weighted by Gasteiger charge is -2.13. The van der Waals surface area contributed by atoms with Gasteiger partial charge < -0.3 is 15.4 Å². The normalized spacial score (nSPS) is 13.2. The number of nitrogens with zero attached hydrogens (tertiary/aromatic N) is 2. The maximum absolute atomic E-state index is 14.5. The molecule has 150 valence electrons. The zero-order chi connectivity index (χ0) is 20.4. The maximum atomic E-state index is 14.5. The summed E-state index contributed by atoms with van der Waals surface area (Å²) in [6, 6.07) is 12.3. The third kappa shape index (κ3) is 4.39. The van der Waals surface area contributed by atoms with Crippen LogP contribution < -0.4 is 15.4 Å². The van der Waals surface area contributed by atoms with Gasteiger partial charge in [-0.25, -0.2) is 9.18 Å². The number of aromatic nitrogens is 2. The van der Waals surface area contributed by atoms with Crippen LogP contribution in [0.15, 0.2) is 48.7 Å². The molecule has 1 aliphatic carbocycles. The highest BCUT2D eigenvalue weighted by Crippen LogP contribution is 2.30. The molecule has 2 N–H and O–H groups in total. The average Bonchev–Trinajstić information content (AvgIpc) is 3.42. The first-order valence-corrected chi connectivity index (χ1v) is 9.59. The summed E-state index contributed by atoms with van der Waals surface area (Å²) in [6.07, 6.45) is 3.76. The van der Waals surface area contributed by atoms with Gasteiger partial charge in [0.05, 0.1) is 11.8 Å². The van der Waals surface area contributed by atoms with Crippen LogP contribution in [0.4, 0.5) is 14.9 Å². The molecule has 1 fully saturated rings. The number of nitrogens with one attached hydrogen (secondary N) is 2. The Labute approximate surface area is 168 Å². The number of ether oxygens (including phenoxy) is 1. The minimum Gasteiger partial charge on any atom is -0.487 e. The molecule has 1 saturated carbocycles. The molecule has 0 radical (unpaired) electrons. The van der Waals surface area contributed by atoms with E-state index in [2.05, 4.69) is 15.7 Å². The fourth-order valence-corrected chi connectivity index (χ4v) is 3.06. The lowest BCUT2D eigenvalue weighted by atomic mass is 10.1. The highest BCUT2D eigenvalue weighted by molar-refractivity contribution is 5.91. The predicted octanol–water partition coefficient (Wildman–Crippen LogP) is 4.40. The quantitative estimate of drug-likeness (QED) is 0.651. The average molecular weight is 394 g/mol. The van der Waals surface area contributed by atoms with Gasteiger partial charge in [-0.1, -0.05) is 24.3 Å². The fraction of sp³-hybridized carbons (Fsp3) is 0.273. The number of hydrogen-bond donors (Lipinski definition) is 2. The van der Waals surface area contributed by atoms with Gasteiger partial charge in [0.15, 0.2) is 11.6 Å². The van der Waals surface area contributed by atoms with Gasteiger partial charge in [-0.05, 0) is 43.5 Å². The maximum Gasteiger partial charge on any atom is 0.319 e. The van der Waals surface area contributed by atoms with Crippen molar-refractivity contribution in [2.45, 2.75) is 32.4 Å². The summed E-state index contributed by atoms with van der Waals surface area (Å²) in [4.78, 5) is 12.4. The molecule has 7 heteroatoms. The van der Waals surface area contributed by atoms with E-state index in [4.69, 9.17) is 4.74 Å². The number of halogens is 1. The fourth-order valence-electron chi connectivity index (χ4n) is 3.06. The molecule has 2 aromatic carbocycles. The summed E-state index contributed by atoms with van der Waals surface area (Å²) in [5.74, 6) is -0.180. The molecule has 1 heterocycles. The van der Waals surface area contributed by atoms with Crippen molar-refractivity contribution in [2.24, 2.45) is 7.05 Å². The molecule has 0 aliphatic heterocycles. The minimum absolute atomic E-state index is 0.0694. The number of benzene rings is 2. The van der Waals surface area contributed by atoms with Crippen molar-refractivity contribution >= 4 is 11.7 Å². The second-order valence-corrected chi connectivity index (χ2v) is 7.22. The number of amides is 2. The van der Waals surface area contributed by atoms with Gasteiger partial charge >= 0.3 is 6.03 Å². The molecule has 1 aromatic heterocycles. The van der Waals surface area contributed by atoms with Crippen LogP contribution in [0.3, 0.4) is 0 Å². The van der Waals surface area contributed by atoms with Gasteiger partial charge in [0.1, 0.15) is 0 Å². The molecule has 29 heavy (non-hydrogen) atoms. The van der Waals surface area contributed by atoms with Crippen LogP contribution in [0.2, 0.25) is 0 Å². The molecule has 0 unspecified atom stereocenters. The van der Waals surface area contributed by atoms with E-state index in [0.29, 0.717) is 11.3 Å². The van der Waals surface area contributed by atoms with Crippen molar-refractivity contribution in [1.29, 1.82) is 0 Å². The summed E-state index contributed by atoms with van der Waals surface area (Å²) in [6.45, 7) is 1.99. The Kier molecular flexibility index (Phi) is 5.20. The highest BCUT2D eigenvalue weighted by atomic mass is 19.1. The first kappa shape index (κ1) is 19.0. The standard InChI is InChI=1S/C22H23FN4O2/c1-14-6-7-15(19-10-11-25-27(19)2)12-18(14)26-22(28)24-13-16-4-3-5-20(21(16)23)29-17-8-9-17/h3-7,10-12,17H,8-9,13H2,1-2H3,(H2,24,26,28). The molecule has 0 spiro atoms. The number of rotatable bonds is 6. The minimum atomic E-state index is -0.422. The second kappa shape index (κ2) is 7.95. The largest absolute Gasteiger partial charge is 0.487 e. The lowest BCUT2D eigenvalue weighted by molar-refractivity contribution is 0.251. The van der Waals surface area contributed by atoms with E-state index < -0.39 is 11.8 Å². The van der Waals surface area contributed by atoms with Crippen molar-refractivity contribution < 1.29 is 13.9 Å². The van der Waals surface area contributed by atoms with E-state index in [-0.39, 0.29) is 18.4 Å². The van der Waals surface area contributed by atoms with Crippen molar-refractivity contribution in [2.75, 3.05) is 5.32 Å². The number of carbonyl (C=O) groups excluding carboxylic acids is 1. The Morgan fingerprint density at radius 2 is 2.10 bits per heavy atom. The van der Waals surface area contributed by atoms with E-state index in [1.54, 1.807) is 29.1 Å². The second-order valence-electron chi connectivity index (χ2n) is 7.22. The number of anilines is 1. The molecule has 3 aromatic rings. The zero-order valence-corrected chi connectivity index (χ0v) is 16.4. The summed E-state index contributed by atoms with van der Waals surface area (Å²) < 4.78 is 21.9. The Morgan fingerprint density at radius 3 is 2.83 bits per heavy atom. The predicted molar refractivity (Wildman–Crippen MR) is 109 cm³/mol. The van der Waals surface area contributed by atoms with Crippen LogP contribution in [-0.4, -0.2) is 21.9 Å². The first-order valence-electron chi connectivity index (χ1n) is 9.59. The van der Waals surface area contributed by atoms with Gasteiger partial charge in [0, 0.05) is 36.6 Å². The summed E-state index contributed by atoms with van der Waals surface area (Å²) in [7, 11) is 1.87. The van der Waals surface area contributed by atoms with Crippen molar-refractivity contribution in [1.82, 2.24) is 15.1 Å². The summed E-state index contributed by atoms with van der Waals surface area (Å²) >= 11 is 0. The molecule has 4 rings (SSSR count). The SMILES string of the molecule is Cc1ccc(-c2ccnn2C)cc1NC(=O)NCc1cccc(OC2CC2)c1F. The summed E-state index contributed by atoms with van der Waals surface area (Å²) in [5, 5.41) is 9.74. The van der Waals surface area contributed by atoms with Crippen molar-refractivity contribution in [3.63, 3.8) is 0 Å². The van der Waals surface area contributed by atoms with Crippen LogP contribution in [0.25, 0.3) is 11.3 Å². The Morgan fingerprint density at radius 1 is 1.28 bits per heavy atom. The molecule has 2 amide bonds. The molecular formula is C22H23FN4O2. The highest BCUT2D eigenvalue weighted by Gasteiger charge is 2.25. The monoisotopic (exact) mass is 394 g/mol. The third-order valence-corrected chi connectivity index (χ3v) is 4.90. The van der Waals surface area contributed by atoms with Crippen LogP contribution >= 0.6 is 0 Å². The van der Waals surface area contributed by atoms with Crippen LogP contribution in [-0.2, 0) is 13.6 Å². The molecule has 0 saturated heterocycles. The topological polar surface area (TPSA) is 68.2 Å². The van der Waals surface area contributed by atoms with Gasteiger partial charge in [0.25, 0.3) is 0 Å². The van der Waals surface area contributed by atoms with Crippen molar-refractivity contribution in [3.8, 4) is 17.0 Å². The number of urea groups is 1. The number of carbonyl (C=O) groups is 1. The summed E-state index contributed by atoms with van der Waals surface area (Å²) in [5.41, 5.74) is 3.90. The number of aryl methyl sites for hydroxylation is 2. The lowest BCUT2D eigenvalue weighted by Crippen LogP contribution is -2.28. The van der Waals surface area contributed by atoms with Gasteiger partial charge in [-0.3, -0.25) is 4.68 Å². The van der Waals surface area contributed by atoms with E-state index in [9.17, 15) is 9.18 Å². The van der Waals surface area contributed by atoms with Gasteiger partial charge in [0.2, 0.25) is 0 Å². The molecule has 0 bridgehead atoms. The van der Waals surface area contributed by atoms with E-state index in [1.807, 2.05) is 38.2 Å². The molecular weight excluding hydrogens is 371 g/mol. The van der Waals surface area contributed by atoms with E-state index >= 15 is 0 Å². The Balaban J connectivity index is 1.42. The van der Waals surface area contributed by atoms with Gasteiger partial charge in [-0.2, -0.15) is 5.10 Å². The van der Waals surface area contributed by atoms with E-state index in [0.717, 1.165) is 29.7 Å². The Bertz CT molecular complexity index is 1040.